The number of aliphatic imine (C=N–C) groups is 1. The Hall–Kier alpha value is -1.15. The van der Waals surface area contributed by atoms with Crippen LogP contribution in [0.5, 0.6) is 0 Å². The van der Waals surface area contributed by atoms with E-state index in [2.05, 4.69) is 4.99 Å². The van der Waals surface area contributed by atoms with Crippen molar-refractivity contribution >= 4 is 12.0 Å². The Balaban J connectivity index is 4.51. The molecule has 0 aliphatic carbocycles. The first-order chi connectivity index (χ1) is 5.06. The van der Waals surface area contributed by atoms with Gasteiger partial charge in [0.2, 0.25) is 6.08 Å². The zero-order chi connectivity index (χ0) is 8.91. The molecule has 0 aromatic heterocycles. The van der Waals surface area contributed by atoms with Crippen LogP contribution >= 0.6 is 0 Å². The molecule has 4 nitrogen and oxygen atoms in total. The van der Waals surface area contributed by atoms with Gasteiger partial charge in [0.1, 0.15) is 0 Å². The number of nitrogens with zero attached hydrogens (tertiary/aromatic N) is 1. The fourth-order valence-corrected chi connectivity index (χ4v) is 0.798. The van der Waals surface area contributed by atoms with Gasteiger partial charge in [-0.05, 0) is 13.3 Å². The van der Waals surface area contributed by atoms with E-state index in [1.165, 1.54) is 13.0 Å². The van der Waals surface area contributed by atoms with Gasteiger partial charge < -0.3 is 5.11 Å². The molecular weight excluding hydrogens is 146 g/mol. The van der Waals surface area contributed by atoms with Gasteiger partial charge in [0, 0.05) is 0 Å². The van der Waals surface area contributed by atoms with Crippen molar-refractivity contribution in [2.24, 2.45) is 4.99 Å². The molecule has 0 aromatic carbocycles. The second-order valence-corrected chi connectivity index (χ2v) is 2.53. The molecule has 0 bridgehead atoms. The number of carboxylic acids is 1. The average molecular weight is 157 g/mol. The van der Waals surface area contributed by atoms with E-state index in [0.717, 1.165) is 0 Å². The van der Waals surface area contributed by atoms with Gasteiger partial charge in [0.15, 0.2) is 5.54 Å². The third-order valence-electron chi connectivity index (χ3n) is 1.49. The van der Waals surface area contributed by atoms with Crippen LogP contribution in [0.2, 0.25) is 0 Å². The summed E-state index contributed by atoms with van der Waals surface area (Å²) in [4.78, 5) is 23.6. The van der Waals surface area contributed by atoms with Crippen LogP contribution in [0.1, 0.15) is 26.7 Å². The summed E-state index contributed by atoms with van der Waals surface area (Å²) >= 11 is 0. The lowest BCUT2D eigenvalue weighted by atomic mass is 9.98. The maximum Gasteiger partial charge on any atom is 0.332 e. The van der Waals surface area contributed by atoms with Gasteiger partial charge in [-0.3, -0.25) is 0 Å². The molecule has 0 amide bonds. The predicted octanol–water partition coefficient (Wildman–Crippen LogP) is 0.966. The number of carbonyl (C=O) groups excluding carboxylic acids is 1. The Kier molecular flexibility index (Phi) is 3.48. The van der Waals surface area contributed by atoms with E-state index >= 15 is 0 Å². The molecule has 0 heterocycles. The van der Waals surface area contributed by atoms with E-state index in [-0.39, 0.29) is 0 Å². The molecule has 0 aliphatic heterocycles. The Morgan fingerprint density at radius 2 is 2.27 bits per heavy atom. The summed E-state index contributed by atoms with van der Waals surface area (Å²) in [6.07, 6.45) is 2.30. The molecule has 0 saturated heterocycles. The molecule has 1 atom stereocenters. The number of rotatable bonds is 4. The van der Waals surface area contributed by atoms with Gasteiger partial charge >= 0.3 is 5.97 Å². The second kappa shape index (κ2) is 3.88. The van der Waals surface area contributed by atoms with Crippen LogP contribution in [0.15, 0.2) is 4.99 Å². The summed E-state index contributed by atoms with van der Waals surface area (Å²) in [5.41, 5.74) is -1.28. The molecule has 11 heavy (non-hydrogen) atoms. The van der Waals surface area contributed by atoms with Crippen LogP contribution in [0.3, 0.4) is 0 Å². The zero-order valence-corrected chi connectivity index (χ0v) is 6.63. The minimum Gasteiger partial charge on any atom is -0.479 e. The molecule has 0 saturated carbocycles. The molecule has 0 aromatic rings. The molecule has 0 radical (unpaired) electrons. The lowest BCUT2D eigenvalue weighted by molar-refractivity contribution is -0.142. The minimum atomic E-state index is -1.28. The van der Waals surface area contributed by atoms with Crippen LogP contribution in [-0.4, -0.2) is 22.7 Å². The Bertz CT molecular complexity index is 192. The normalized spacial score (nSPS) is 14.7. The minimum absolute atomic E-state index is 0.359. The fraction of sp³-hybridized carbons (Fsp3) is 0.714. The summed E-state index contributed by atoms with van der Waals surface area (Å²) in [5, 5.41) is 8.62. The van der Waals surface area contributed by atoms with E-state index in [9.17, 15) is 9.59 Å². The molecule has 0 spiro atoms. The molecule has 62 valence electrons. The van der Waals surface area contributed by atoms with Gasteiger partial charge in [-0.2, -0.15) is 4.99 Å². The number of carbonyl (C=O) groups is 1. The summed E-state index contributed by atoms with van der Waals surface area (Å²) in [7, 11) is 0. The van der Waals surface area contributed by atoms with Crippen molar-refractivity contribution in [3.8, 4) is 0 Å². The van der Waals surface area contributed by atoms with Crippen molar-refractivity contribution in [2.75, 3.05) is 0 Å². The second-order valence-electron chi connectivity index (χ2n) is 2.53. The Morgan fingerprint density at radius 3 is 2.55 bits per heavy atom. The highest BCUT2D eigenvalue weighted by molar-refractivity contribution is 5.79. The molecule has 0 aliphatic rings. The van der Waals surface area contributed by atoms with Gasteiger partial charge in [-0.15, -0.1) is 0 Å². The fourth-order valence-electron chi connectivity index (χ4n) is 0.798. The van der Waals surface area contributed by atoms with E-state index in [1.807, 2.05) is 6.92 Å². The SMILES string of the molecule is CCCC(C)(N=C=O)C(=O)O. The molecule has 1 unspecified atom stereocenters. The van der Waals surface area contributed by atoms with Crippen LogP contribution in [-0.2, 0) is 9.59 Å². The summed E-state index contributed by atoms with van der Waals surface area (Å²) in [5.74, 6) is -1.08. The number of hydrogen-bond donors (Lipinski definition) is 1. The topological polar surface area (TPSA) is 66.7 Å². The number of carboxylic acid groups (broad SMARTS) is 1. The third kappa shape index (κ3) is 2.51. The highest BCUT2D eigenvalue weighted by Crippen LogP contribution is 2.16. The molecule has 4 heteroatoms. The summed E-state index contributed by atoms with van der Waals surface area (Å²) < 4.78 is 0. The average Bonchev–Trinajstić information content (AvgIpc) is 1.88. The highest BCUT2D eigenvalue weighted by atomic mass is 16.4. The monoisotopic (exact) mass is 157 g/mol. The van der Waals surface area contributed by atoms with Crippen LogP contribution in [0.4, 0.5) is 0 Å². The highest BCUT2D eigenvalue weighted by Gasteiger charge is 2.31. The van der Waals surface area contributed by atoms with Crippen molar-refractivity contribution in [1.29, 1.82) is 0 Å². The Labute approximate surface area is 64.9 Å². The quantitative estimate of drug-likeness (QED) is 0.488. The first-order valence-corrected chi connectivity index (χ1v) is 3.39. The molecule has 0 rings (SSSR count). The van der Waals surface area contributed by atoms with Crippen molar-refractivity contribution in [1.82, 2.24) is 0 Å². The molecule has 1 N–H and O–H groups in total. The Morgan fingerprint density at radius 1 is 1.73 bits per heavy atom. The maximum absolute atomic E-state index is 10.5. The van der Waals surface area contributed by atoms with Gasteiger partial charge in [0.05, 0.1) is 0 Å². The molecular formula is C7H11NO3. The summed E-state index contributed by atoms with van der Waals surface area (Å²) in [6, 6.07) is 0. The van der Waals surface area contributed by atoms with E-state index in [0.29, 0.717) is 12.8 Å². The van der Waals surface area contributed by atoms with Gasteiger partial charge in [-0.25, -0.2) is 9.59 Å². The number of hydrogen-bond acceptors (Lipinski definition) is 3. The summed E-state index contributed by atoms with van der Waals surface area (Å²) in [6.45, 7) is 3.24. The maximum atomic E-state index is 10.5. The van der Waals surface area contributed by atoms with Crippen molar-refractivity contribution in [2.45, 2.75) is 32.2 Å². The first kappa shape index (κ1) is 9.85. The van der Waals surface area contributed by atoms with E-state index < -0.39 is 11.5 Å². The number of isocyanates is 1. The van der Waals surface area contributed by atoms with Crippen molar-refractivity contribution in [3.05, 3.63) is 0 Å². The van der Waals surface area contributed by atoms with E-state index in [4.69, 9.17) is 5.11 Å². The smallest absolute Gasteiger partial charge is 0.332 e. The van der Waals surface area contributed by atoms with Crippen molar-refractivity contribution in [3.63, 3.8) is 0 Å². The number of aliphatic carboxylic acids is 1. The van der Waals surface area contributed by atoms with Crippen LogP contribution in [0, 0.1) is 0 Å². The predicted molar refractivity (Wildman–Crippen MR) is 39.1 cm³/mol. The van der Waals surface area contributed by atoms with Gasteiger partial charge in [-0.1, -0.05) is 13.3 Å². The van der Waals surface area contributed by atoms with Gasteiger partial charge in [0.25, 0.3) is 0 Å². The first-order valence-electron chi connectivity index (χ1n) is 3.39. The zero-order valence-electron chi connectivity index (χ0n) is 6.63. The third-order valence-corrected chi connectivity index (χ3v) is 1.49. The lowest BCUT2D eigenvalue weighted by Crippen LogP contribution is -2.32. The molecule has 0 fully saturated rings. The van der Waals surface area contributed by atoms with Crippen LogP contribution < -0.4 is 0 Å². The van der Waals surface area contributed by atoms with E-state index in [1.54, 1.807) is 0 Å². The lowest BCUT2D eigenvalue weighted by Gasteiger charge is -2.15. The van der Waals surface area contributed by atoms with Crippen molar-refractivity contribution < 1.29 is 14.7 Å². The largest absolute Gasteiger partial charge is 0.479 e. The van der Waals surface area contributed by atoms with Crippen LogP contribution in [0.25, 0.3) is 0 Å². The standard InChI is InChI=1S/C7H11NO3/c1-3-4-7(2,6(10)11)8-5-9/h3-4H2,1-2H3,(H,10,11).